The Kier molecular flexibility index (Phi) is 4.50. The van der Waals surface area contributed by atoms with Crippen LogP contribution in [0.4, 0.5) is 0 Å². The third kappa shape index (κ3) is 3.47. The molecule has 106 valence electrons. The highest BCUT2D eigenvalue weighted by Gasteiger charge is 2.34. The van der Waals surface area contributed by atoms with Gasteiger partial charge in [-0.05, 0) is 46.8 Å². The Bertz CT molecular complexity index is 558. The van der Waals surface area contributed by atoms with Crippen LogP contribution in [0, 0.1) is 5.92 Å². The molecule has 2 rings (SSSR count). The van der Waals surface area contributed by atoms with E-state index in [0.717, 1.165) is 12.8 Å². The lowest BCUT2D eigenvalue weighted by Gasteiger charge is -2.17. The molecule has 1 aliphatic rings. The Morgan fingerprint density at radius 2 is 2.21 bits per heavy atom. The molecule has 7 heteroatoms. The second-order valence-electron chi connectivity index (χ2n) is 4.60. The second kappa shape index (κ2) is 5.78. The zero-order valence-corrected chi connectivity index (χ0v) is 13.0. The first-order chi connectivity index (χ1) is 8.97. The van der Waals surface area contributed by atoms with E-state index >= 15 is 0 Å². The molecule has 1 unspecified atom stereocenters. The summed E-state index contributed by atoms with van der Waals surface area (Å²) in [6, 6.07) is 4.65. The van der Waals surface area contributed by atoms with E-state index in [1.807, 2.05) is 0 Å². The molecule has 1 aliphatic carbocycles. The van der Waals surface area contributed by atoms with Crippen LogP contribution in [0.3, 0.4) is 0 Å². The average Bonchev–Trinajstić information content (AvgIpc) is 3.20. The normalized spacial score (nSPS) is 17.2. The maximum absolute atomic E-state index is 12.4. The van der Waals surface area contributed by atoms with Gasteiger partial charge in [-0.2, -0.15) is 0 Å². The summed E-state index contributed by atoms with van der Waals surface area (Å²) in [6.45, 7) is 0.311. The first kappa shape index (κ1) is 14.8. The third-order valence-electron chi connectivity index (χ3n) is 3.18. The molecule has 3 N–H and O–H groups in total. The minimum absolute atomic E-state index is 0.172. The van der Waals surface area contributed by atoms with Crippen molar-refractivity contribution >= 4 is 26.0 Å². The van der Waals surface area contributed by atoms with Crippen LogP contribution in [0.5, 0.6) is 5.75 Å². The fourth-order valence-electron chi connectivity index (χ4n) is 1.91. The maximum atomic E-state index is 12.4. The van der Waals surface area contributed by atoms with Crippen molar-refractivity contribution in [1.29, 1.82) is 0 Å². The van der Waals surface area contributed by atoms with Crippen molar-refractivity contribution in [2.24, 2.45) is 11.7 Å². The number of nitrogens with two attached hydrogens (primary N) is 1. The van der Waals surface area contributed by atoms with E-state index in [9.17, 15) is 8.42 Å². The summed E-state index contributed by atoms with van der Waals surface area (Å²) in [5.74, 6) is 0.864. The van der Waals surface area contributed by atoms with Gasteiger partial charge < -0.3 is 10.5 Å². The van der Waals surface area contributed by atoms with E-state index in [4.69, 9.17) is 10.5 Å². The lowest BCUT2D eigenvalue weighted by molar-refractivity contribution is 0.413. The standard InChI is InChI=1S/C12H17BrN2O3S/c1-18-9-4-5-10(13)12(6-9)19(16,17)15-11(7-14)8-2-3-8/h4-6,8,11,15H,2-3,7,14H2,1H3. The Morgan fingerprint density at radius 3 is 2.74 bits per heavy atom. The van der Waals surface area contributed by atoms with Crippen LogP contribution in [0.2, 0.25) is 0 Å². The second-order valence-corrected chi connectivity index (χ2v) is 7.13. The van der Waals surface area contributed by atoms with E-state index < -0.39 is 10.0 Å². The molecule has 0 bridgehead atoms. The van der Waals surface area contributed by atoms with Crippen LogP contribution in [-0.2, 0) is 10.0 Å². The molecule has 0 aromatic heterocycles. The molecule has 1 aromatic carbocycles. The zero-order valence-electron chi connectivity index (χ0n) is 10.6. The Hall–Kier alpha value is -0.630. The molecule has 5 nitrogen and oxygen atoms in total. The van der Waals surface area contributed by atoms with E-state index in [-0.39, 0.29) is 10.9 Å². The van der Waals surface area contributed by atoms with E-state index in [1.54, 1.807) is 12.1 Å². The summed E-state index contributed by atoms with van der Waals surface area (Å²) >= 11 is 3.25. The van der Waals surface area contributed by atoms with Crippen LogP contribution in [0.15, 0.2) is 27.6 Å². The zero-order chi connectivity index (χ0) is 14.0. The number of sulfonamides is 1. The van der Waals surface area contributed by atoms with Crippen LogP contribution in [-0.4, -0.2) is 28.1 Å². The molecule has 1 aromatic rings. The number of hydrogen-bond donors (Lipinski definition) is 2. The Morgan fingerprint density at radius 1 is 1.53 bits per heavy atom. The molecule has 0 saturated heterocycles. The number of ether oxygens (including phenoxy) is 1. The summed E-state index contributed by atoms with van der Waals surface area (Å²) in [5.41, 5.74) is 5.63. The summed E-state index contributed by atoms with van der Waals surface area (Å²) in [6.07, 6.45) is 2.06. The van der Waals surface area contributed by atoms with Gasteiger partial charge >= 0.3 is 0 Å². The fourth-order valence-corrected chi connectivity index (χ4v) is 4.21. The number of methoxy groups -OCH3 is 1. The van der Waals surface area contributed by atoms with Gasteiger partial charge in [-0.15, -0.1) is 0 Å². The van der Waals surface area contributed by atoms with Crippen molar-refractivity contribution in [2.75, 3.05) is 13.7 Å². The number of nitrogens with one attached hydrogen (secondary N) is 1. The molecular weight excluding hydrogens is 332 g/mol. The lowest BCUT2D eigenvalue weighted by atomic mass is 10.2. The smallest absolute Gasteiger partial charge is 0.242 e. The van der Waals surface area contributed by atoms with Crippen LogP contribution in [0.25, 0.3) is 0 Å². The molecule has 19 heavy (non-hydrogen) atoms. The third-order valence-corrected chi connectivity index (χ3v) is 5.66. The molecular formula is C12H17BrN2O3S. The first-order valence-electron chi connectivity index (χ1n) is 6.04. The molecule has 0 aliphatic heterocycles. The summed E-state index contributed by atoms with van der Waals surface area (Å²) in [5, 5.41) is 0. The summed E-state index contributed by atoms with van der Waals surface area (Å²) < 4.78 is 33.0. The predicted molar refractivity (Wildman–Crippen MR) is 76.6 cm³/mol. The highest BCUT2D eigenvalue weighted by molar-refractivity contribution is 9.10. The first-order valence-corrected chi connectivity index (χ1v) is 8.31. The lowest BCUT2D eigenvalue weighted by Crippen LogP contribution is -2.41. The summed E-state index contributed by atoms with van der Waals surface area (Å²) in [7, 11) is -2.10. The van der Waals surface area contributed by atoms with Gasteiger partial charge in [0.25, 0.3) is 0 Å². The molecule has 1 saturated carbocycles. The van der Waals surface area contributed by atoms with Crippen molar-refractivity contribution in [3.05, 3.63) is 22.7 Å². The highest BCUT2D eigenvalue weighted by atomic mass is 79.9. The number of hydrogen-bond acceptors (Lipinski definition) is 4. The molecule has 0 radical (unpaired) electrons. The van der Waals surface area contributed by atoms with E-state index in [1.165, 1.54) is 13.2 Å². The minimum atomic E-state index is -3.60. The average molecular weight is 349 g/mol. The van der Waals surface area contributed by atoms with Gasteiger partial charge in [-0.3, -0.25) is 0 Å². The van der Waals surface area contributed by atoms with Gasteiger partial charge in [0.2, 0.25) is 10.0 Å². The maximum Gasteiger partial charge on any atom is 0.242 e. The number of rotatable bonds is 6. The highest BCUT2D eigenvalue weighted by Crippen LogP contribution is 2.33. The van der Waals surface area contributed by atoms with Gasteiger partial charge in [0.1, 0.15) is 5.75 Å². The van der Waals surface area contributed by atoms with Gasteiger partial charge in [0.05, 0.1) is 12.0 Å². The summed E-state index contributed by atoms with van der Waals surface area (Å²) in [4.78, 5) is 0.172. The predicted octanol–water partition coefficient (Wildman–Crippen LogP) is 1.47. The van der Waals surface area contributed by atoms with Crippen molar-refractivity contribution in [3.63, 3.8) is 0 Å². The van der Waals surface area contributed by atoms with Gasteiger partial charge in [-0.25, -0.2) is 13.1 Å². The van der Waals surface area contributed by atoms with Gasteiger partial charge in [0.15, 0.2) is 0 Å². The van der Waals surface area contributed by atoms with Crippen molar-refractivity contribution in [1.82, 2.24) is 4.72 Å². The van der Waals surface area contributed by atoms with Crippen LogP contribution >= 0.6 is 15.9 Å². The van der Waals surface area contributed by atoms with Crippen LogP contribution in [0.1, 0.15) is 12.8 Å². The van der Waals surface area contributed by atoms with E-state index in [2.05, 4.69) is 20.7 Å². The molecule has 0 spiro atoms. The van der Waals surface area contributed by atoms with E-state index in [0.29, 0.717) is 22.7 Å². The molecule has 1 atom stereocenters. The van der Waals surface area contributed by atoms with Crippen molar-refractivity contribution in [3.8, 4) is 5.75 Å². The molecule has 0 amide bonds. The van der Waals surface area contributed by atoms with Crippen molar-refractivity contribution < 1.29 is 13.2 Å². The topological polar surface area (TPSA) is 81.4 Å². The number of benzene rings is 1. The van der Waals surface area contributed by atoms with Gasteiger partial charge in [-0.1, -0.05) is 0 Å². The van der Waals surface area contributed by atoms with Gasteiger partial charge in [0, 0.05) is 23.1 Å². The Balaban J connectivity index is 2.27. The van der Waals surface area contributed by atoms with Crippen molar-refractivity contribution in [2.45, 2.75) is 23.8 Å². The van der Waals surface area contributed by atoms with Crippen LogP contribution < -0.4 is 15.2 Å². The largest absolute Gasteiger partial charge is 0.497 e. The minimum Gasteiger partial charge on any atom is -0.497 e. The SMILES string of the molecule is COc1ccc(Br)c(S(=O)(=O)NC(CN)C2CC2)c1. The fraction of sp³-hybridized carbons (Fsp3) is 0.500. The Labute approximate surface area is 121 Å². The molecule has 1 fully saturated rings. The molecule has 0 heterocycles. The quantitative estimate of drug-likeness (QED) is 0.815. The monoisotopic (exact) mass is 348 g/mol. The number of halogens is 1.